The van der Waals surface area contributed by atoms with Gasteiger partial charge in [-0.15, -0.1) is 10.2 Å². The molecule has 5 nitrogen and oxygen atoms in total. The van der Waals surface area contributed by atoms with E-state index in [2.05, 4.69) is 15.5 Å². The van der Waals surface area contributed by atoms with Crippen molar-refractivity contribution in [3.05, 3.63) is 5.01 Å². The van der Waals surface area contributed by atoms with Gasteiger partial charge in [0.2, 0.25) is 5.13 Å². The van der Waals surface area contributed by atoms with Crippen LogP contribution in [-0.4, -0.2) is 34.2 Å². The first-order chi connectivity index (χ1) is 8.67. The minimum Gasteiger partial charge on any atom is -0.323 e. The van der Waals surface area contributed by atoms with Crippen LogP contribution < -0.4 is 5.32 Å². The first-order valence-corrected chi connectivity index (χ1v) is 7.35. The number of amides is 2. The van der Waals surface area contributed by atoms with Crippen LogP contribution in [0.1, 0.15) is 37.1 Å². The molecule has 1 aromatic rings. The van der Waals surface area contributed by atoms with Gasteiger partial charge in [0, 0.05) is 18.5 Å². The summed E-state index contributed by atoms with van der Waals surface area (Å²) < 4.78 is 0. The molecule has 2 aliphatic rings. The molecule has 2 amide bonds. The lowest BCUT2D eigenvalue weighted by Crippen LogP contribution is -2.60. The third-order valence-corrected chi connectivity index (χ3v) is 4.75. The van der Waals surface area contributed by atoms with Crippen molar-refractivity contribution in [2.24, 2.45) is 5.41 Å². The molecule has 6 heteroatoms. The van der Waals surface area contributed by atoms with Gasteiger partial charge in [-0.2, -0.15) is 0 Å². The summed E-state index contributed by atoms with van der Waals surface area (Å²) in [6, 6.07) is -0.0256. The molecule has 18 heavy (non-hydrogen) atoms. The molecule has 0 unspecified atom stereocenters. The number of nitrogens with one attached hydrogen (secondary N) is 1. The topological polar surface area (TPSA) is 58.1 Å². The highest BCUT2D eigenvalue weighted by Crippen LogP contribution is 2.43. The Kier molecular flexibility index (Phi) is 2.97. The molecule has 1 aliphatic carbocycles. The molecule has 1 saturated carbocycles. The zero-order chi connectivity index (χ0) is 12.6. The Morgan fingerprint density at radius 2 is 2.00 bits per heavy atom. The SMILES string of the molecule is Cc1nnc(NC(=O)N2CC3(CCCCC3)C2)s1. The van der Waals surface area contributed by atoms with E-state index in [9.17, 15) is 4.79 Å². The molecule has 1 aliphatic heterocycles. The van der Waals surface area contributed by atoms with Crippen molar-refractivity contribution in [2.45, 2.75) is 39.0 Å². The van der Waals surface area contributed by atoms with Crippen molar-refractivity contribution in [3.63, 3.8) is 0 Å². The number of carbonyl (C=O) groups excluding carboxylic acids is 1. The highest BCUT2D eigenvalue weighted by molar-refractivity contribution is 7.15. The summed E-state index contributed by atoms with van der Waals surface area (Å²) >= 11 is 1.41. The fourth-order valence-corrected chi connectivity index (χ4v) is 3.62. The molecular formula is C12H18N4OS. The number of hydrogen-bond donors (Lipinski definition) is 1. The molecule has 2 fully saturated rings. The van der Waals surface area contributed by atoms with Gasteiger partial charge in [-0.3, -0.25) is 5.32 Å². The zero-order valence-electron chi connectivity index (χ0n) is 10.6. The predicted molar refractivity (Wildman–Crippen MR) is 70.8 cm³/mol. The van der Waals surface area contributed by atoms with Gasteiger partial charge in [-0.05, 0) is 19.8 Å². The third-order valence-electron chi connectivity index (χ3n) is 3.99. The quantitative estimate of drug-likeness (QED) is 0.850. The van der Waals surface area contributed by atoms with Crippen LogP contribution in [0.2, 0.25) is 0 Å². The highest BCUT2D eigenvalue weighted by Gasteiger charge is 2.45. The minimum absolute atomic E-state index is 0.0256. The van der Waals surface area contributed by atoms with Crippen molar-refractivity contribution in [1.82, 2.24) is 15.1 Å². The molecule has 0 atom stereocenters. The van der Waals surface area contributed by atoms with Crippen LogP contribution in [-0.2, 0) is 0 Å². The maximum absolute atomic E-state index is 12.0. The van der Waals surface area contributed by atoms with Gasteiger partial charge in [0.25, 0.3) is 0 Å². The number of nitrogens with zero attached hydrogens (tertiary/aromatic N) is 3. The lowest BCUT2D eigenvalue weighted by Gasteiger charge is -2.52. The molecule has 98 valence electrons. The third kappa shape index (κ3) is 2.21. The fourth-order valence-electron chi connectivity index (χ4n) is 3.04. The molecule has 1 N–H and O–H groups in total. The van der Waals surface area contributed by atoms with Crippen molar-refractivity contribution in [2.75, 3.05) is 18.4 Å². The van der Waals surface area contributed by atoms with E-state index in [1.54, 1.807) is 0 Å². The van der Waals surface area contributed by atoms with Crippen LogP contribution in [0.3, 0.4) is 0 Å². The van der Waals surface area contributed by atoms with Crippen molar-refractivity contribution in [3.8, 4) is 0 Å². The summed E-state index contributed by atoms with van der Waals surface area (Å²) in [4.78, 5) is 13.9. The Hall–Kier alpha value is -1.17. The number of aromatic nitrogens is 2. The van der Waals surface area contributed by atoms with E-state index in [-0.39, 0.29) is 6.03 Å². The van der Waals surface area contributed by atoms with Crippen LogP contribution in [0.4, 0.5) is 9.93 Å². The smallest absolute Gasteiger partial charge is 0.323 e. The molecule has 0 aromatic carbocycles. The number of rotatable bonds is 1. The van der Waals surface area contributed by atoms with Gasteiger partial charge in [-0.1, -0.05) is 30.6 Å². The Bertz CT molecular complexity index is 445. The maximum atomic E-state index is 12.0. The number of likely N-dealkylation sites (tertiary alicyclic amines) is 1. The van der Waals surface area contributed by atoms with Crippen molar-refractivity contribution < 1.29 is 4.79 Å². The second kappa shape index (κ2) is 4.50. The highest BCUT2D eigenvalue weighted by atomic mass is 32.1. The van der Waals surface area contributed by atoms with Gasteiger partial charge < -0.3 is 4.90 Å². The van der Waals surface area contributed by atoms with Crippen LogP contribution in [0.5, 0.6) is 0 Å². The molecule has 1 spiro atoms. The van der Waals surface area contributed by atoms with E-state index in [0.29, 0.717) is 10.5 Å². The van der Waals surface area contributed by atoms with Gasteiger partial charge in [0.05, 0.1) is 0 Å². The number of hydrogen-bond acceptors (Lipinski definition) is 4. The first kappa shape index (κ1) is 11.9. The molecule has 3 rings (SSSR count). The summed E-state index contributed by atoms with van der Waals surface area (Å²) in [6.07, 6.45) is 6.58. The van der Waals surface area contributed by atoms with Crippen LogP contribution in [0, 0.1) is 12.3 Å². The molecule has 1 saturated heterocycles. The molecule has 0 radical (unpaired) electrons. The lowest BCUT2D eigenvalue weighted by atomic mass is 9.69. The van der Waals surface area contributed by atoms with Crippen LogP contribution >= 0.6 is 11.3 Å². The summed E-state index contributed by atoms with van der Waals surface area (Å²) in [6.45, 7) is 3.71. The van der Waals surface area contributed by atoms with E-state index >= 15 is 0 Å². The molecule has 0 bridgehead atoms. The minimum atomic E-state index is -0.0256. The lowest BCUT2D eigenvalue weighted by molar-refractivity contribution is 0.00514. The number of anilines is 1. The predicted octanol–water partition coefficient (Wildman–Crippen LogP) is 2.64. The van der Waals surface area contributed by atoms with Gasteiger partial charge in [-0.25, -0.2) is 4.79 Å². The van der Waals surface area contributed by atoms with E-state index in [1.807, 2.05) is 11.8 Å². The summed E-state index contributed by atoms with van der Waals surface area (Å²) in [5.41, 5.74) is 0.437. The van der Waals surface area contributed by atoms with Crippen molar-refractivity contribution in [1.29, 1.82) is 0 Å². The average Bonchev–Trinajstić information content (AvgIpc) is 2.72. The number of aryl methyl sites for hydroxylation is 1. The Balaban J connectivity index is 1.53. The number of carbonyl (C=O) groups is 1. The monoisotopic (exact) mass is 266 g/mol. The average molecular weight is 266 g/mol. The Morgan fingerprint density at radius 3 is 2.61 bits per heavy atom. The molecule has 1 aromatic heterocycles. The summed E-state index contributed by atoms with van der Waals surface area (Å²) in [5, 5.41) is 12.1. The summed E-state index contributed by atoms with van der Waals surface area (Å²) in [5.74, 6) is 0. The standard InChI is InChI=1S/C12H18N4OS/c1-9-14-15-10(18-9)13-11(17)16-7-12(8-16)5-3-2-4-6-12/h2-8H2,1H3,(H,13,15,17). The largest absolute Gasteiger partial charge is 0.323 e. The number of urea groups is 1. The van der Waals surface area contributed by atoms with Gasteiger partial charge >= 0.3 is 6.03 Å². The normalized spacial score (nSPS) is 21.7. The molecule has 2 heterocycles. The second-order valence-corrected chi connectivity index (χ2v) is 6.65. The van der Waals surface area contributed by atoms with Gasteiger partial charge in [0.15, 0.2) is 0 Å². The van der Waals surface area contributed by atoms with E-state index < -0.39 is 0 Å². The second-order valence-electron chi connectivity index (χ2n) is 5.47. The molecular weight excluding hydrogens is 248 g/mol. The van der Waals surface area contributed by atoms with Crippen LogP contribution in [0.15, 0.2) is 0 Å². The fraction of sp³-hybridized carbons (Fsp3) is 0.750. The zero-order valence-corrected chi connectivity index (χ0v) is 11.4. The Morgan fingerprint density at radius 1 is 1.28 bits per heavy atom. The van der Waals surface area contributed by atoms with Crippen LogP contribution in [0.25, 0.3) is 0 Å². The van der Waals surface area contributed by atoms with E-state index in [4.69, 9.17) is 0 Å². The van der Waals surface area contributed by atoms with E-state index in [0.717, 1.165) is 18.1 Å². The Labute approximate surface area is 111 Å². The van der Waals surface area contributed by atoms with E-state index in [1.165, 1.54) is 43.4 Å². The first-order valence-electron chi connectivity index (χ1n) is 6.53. The van der Waals surface area contributed by atoms with Crippen molar-refractivity contribution >= 4 is 22.5 Å². The summed E-state index contributed by atoms with van der Waals surface area (Å²) in [7, 11) is 0. The maximum Gasteiger partial charge on any atom is 0.323 e. The van der Waals surface area contributed by atoms with Gasteiger partial charge in [0.1, 0.15) is 5.01 Å².